The molecule has 346 valence electrons. The van der Waals surface area contributed by atoms with Gasteiger partial charge in [0.15, 0.2) is 0 Å². The van der Waals surface area contributed by atoms with Crippen LogP contribution in [-0.4, -0.2) is 27.6 Å². The van der Waals surface area contributed by atoms with Crippen LogP contribution in [-0.2, 0) is 12.8 Å². The highest BCUT2D eigenvalue weighted by Gasteiger charge is 2.37. The molecule has 0 N–H and O–H groups in total. The van der Waals surface area contributed by atoms with Crippen LogP contribution in [0, 0.1) is 5.92 Å². The highest BCUT2D eigenvalue weighted by atomic mass is 15.2. The monoisotopic (exact) mass is 910 g/mol. The molecule has 4 unspecified atom stereocenters. The summed E-state index contributed by atoms with van der Waals surface area (Å²) < 4.78 is 2.53. The molecule has 0 bridgehead atoms. The van der Waals surface area contributed by atoms with Gasteiger partial charge < -0.3 is 19.3 Å². The molecule has 13 rings (SSSR count). The van der Waals surface area contributed by atoms with Crippen LogP contribution in [0.2, 0.25) is 0 Å². The van der Waals surface area contributed by atoms with Gasteiger partial charge in [0.2, 0.25) is 0 Å². The smallest absolute Gasteiger partial charge is 0.0632 e. The van der Waals surface area contributed by atoms with Crippen molar-refractivity contribution in [3.8, 4) is 5.69 Å². The van der Waals surface area contributed by atoms with E-state index in [4.69, 9.17) is 0 Å². The largest absolute Gasteiger partial charge is 0.358 e. The van der Waals surface area contributed by atoms with Crippen molar-refractivity contribution in [2.45, 2.75) is 95.2 Å². The van der Waals surface area contributed by atoms with E-state index in [1.807, 2.05) is 0 Å². The molecule has 0 saturated carbocycles. The average Bonchev–Trinajstić information content (AvgIpc) is 3.95. The van der Waals surface area contributed by atoms with Gasteiger partial charge >= 0.3 is 0 Å². The van der Waals surface area contributed by atoms with Crippen molar-refractivity contribution in [3.05, 3.63) is 256 Å². The lowest BCUT2D eigenvalue weighted by Crippen LogP contribution is -2.42. The molecule has 0 fully saturated rings. The Hall–Kier alpha value is -7.30. The Morgan fingerprint density at radius 1 is 0.529 bits per heavy atom. The van der Waals surface area contributed by atoms with Crippen molar-refractivity contribution in [1.82, 2.24) is 9.47 Å². The molecule has 4 aromatic rings. The second-order valence-corrected chi connectivity index (χ2v) is 20.2. The number of hydrogen-bond acceptors (Lipinski definition) is 3. The van der Waals surface area contributed by atoms with Crippen LogP contribution in [0.4, 0.5) is 17.1 Å². The fraction of sp³-hybridized carbons (Fsp3) is 0.242. The van der Waals surface area contributed by atoms with Gasteiger partial charge in [0.25, 0.3) is 0 Å². The Morgan fingerprint density at radius 3 is 2.13 bits per heavy atom. The van der Waals surface area contributed by atoms with Crippen molar-refractivity contribution in [3.63, 3.8) is 0 Å². The van der Waals surface area contributed by atoms with Crippen LogP contribution in [0.3, 0.4) is 0 Å². The SMILES string of the molecule is C1=CCC2C(=C1)c1ccc(N(C3C=CC=CC3)C3C=CC(C4=CCCC=C4C4C=CC(N(C5=CCCC=C5)C5=Cc6c(c7c(n6-c6ccccc6)C=CCC7)CC5)=CC4)=CC3)cc1N2c1ccccc1. The van der Waals surface area contributed by atoms with Crippen LogP contribution < -0.4 is 9.80 Å². The fourth-order valence-electron chi connectivity index (χ4n) is 12.9. The highest BCUT2D eigenvalue weighted by molar-refractivity contribution is 5.94. The third-order valence-electron chi connectivity index (χ3n) is 16.1. The maximum atomic E-state index is 2.69. The van der Waals surface area contributed by atoms with Gasteiger partial charge in [-0.15, -0.1) is 0 Å². The Kier molecular flexibility index (Phi) is 11.3. The number of anilines is 3. The van der Waals surface area contributed by atoms with E-state index in [0.717, 1.165) is 77.0 Å². The lowest BCUT2D eigenvalue weighted by atomic mass is 9.79. The zero-order valence-electron chi connectivity index (χ0n) is 40.2. The van der Waals surface area contributed by atoms with Crippen molar-refractivity contribution in [2.24, 2.45) is 5.92 Å². The van der Waals surface area contributed by atoms with Crippen LogP contribution in [0.25, 0.3) is 23.4 Å². The summed E-state index contributed by atoms with van der Waals surface area (Å²) in [6.45, 7) is 0. The number of benzene rings is 3. The minimum absolute atomic E-state index is 0.242. The third-order valence-corrected chi connectivity index (χ3v) is 16.1. The Labute approximate surface area is 415 Å². The number of allylic oxidation sites excluding steroid dienone is 18. The Balaban J connectivity index is 0.770. The molecule has 0 spiro atoms. The van der Waals surface area contributed by atoms with E-state index < -0.39 is 0 Å². The molecule has 0 amide bonds. The molecule has 1 aromatic heterocycles. The molecule has 2 heterocycles. The second-order valence-electron chi connectivity index (χ2n) is 20.2. The molecule has 9 aliphatic rings. The molecule has 70 heavy (non-hydrogen) atoms. The summed E-state index contributed by atoms with van der Waals surface area (Å²) in [6, 6.07) is 30.1. The Morgan fingerprint density at radius 2 is 1.33 bits per heavy atom. The lowest BCUT2D eigenvalue weighted by molar-refractivity contribution is 0.516. The predicted octanol–water partition coefficient (Wildman–Crippen LogP) is 15.9. The number of aromatic nitrogens is 1. The zero-order chi connectivity index (χ0) is 46.4. The minimum atomic E-state index is 0.242. The predicted molar refractivity (Wildman–Crippen MR) is 294 cm³/mol. The first-order valence-corrected chi connectivity index (χ1v) is 26.3. The van der Waals surface area contributed by atoms with Crippen LogP contribution in [0.1, 0.15) is 92.3 Å². The lowest BCUT2D eigenvalue weighted by Gasteiger charge is -2.39. The average molecular weight is 911 g/mol. The summed E-state index contributed by atoms with van der Waals surface area (Å²) in [5.74, 6) is 0.337. The van der Waals surface area contributed by atoms with E-state index in [1.165, 1.54) is 84.6 Å². The number of fused-ring (bicyclic) bond motifs is 6. The molecular formula is C66H62N4. The van der Waals surface area contributed by atoms with E-state index >= 15 is 0 Å². The van der Waals surface area contributed by atoms with Gasteiger partial charge in [-0.3, -0.25) is 0 Å². The van der Waals surface area contributed by atoms with Gasteiger partial charge in [-0.1, -0.05) is 146 Å². The van der Waals surface area contributed by atoms with Crippen molar-refractivity contribution in [1.29, 1.82) is 0 Å². The van der Waals surface area contributed by atoms with Gasteiger partial charge in [-0.25, -0.2) is 0 Å². The van der Waals surface area contributed by atoms with Crippen LogP contribution >= 0.6 is 0 Å². The van der Waals surface area contributed by atoms with Gasteiger partial charge in [-0.2, -0.15) is 0 Å². The summed E-state index contributed by atoms with van der Waals surface area (Å²) >= 11 is 0. The molecule has 4 heteroatoms. The first-order chi connectivity index (χ1) is 34.7. The zero-order valence-corrected chi connectivity index (χ0v) is 40.2. The molecule has 4 nitrogen and oxygen atoms in total. The molecule has 0 radical (unpaired) electrons. The van der Waals surface area contributed by atoms with Gasteiger partial charge in [0, 0.05) is 51.3 Å². The van der Waals surface area contributed by atoms with Crippen molar-refractivity contribution < 1.29 is 0 Å². The summed E-state index contributed by atoms with van der Waals surface area (Å²) in [6.07, 6.45) is 63.2. The number of hydrogen-bond donors (Lipinski definition) is 0. The maximum Gasteiger partial charge on any atom is 0.0632 e. The molecule has 0 saturated heterocycles. The minimum Gasteiger partial charge on any atom is -0.358 e. The number of nitrogens with zero attached hydrogens (tertiary/aromatic N) is 4. The molecule has 8 aliphatic carbocycles. The molecule has 1 aliphatic heterocycles. The van der Waals surface area contributed by atoms with Gasteiger partial charge in [0.05, 0.1) is 29.5 Å². The summed E-state index contributed by atoms with van der Waals surface area (Å²) in [7, 11) is 0. The molecular weight excluding hydrogens is 849 g/mol. The topological polar surface area (TPSA) is 14.7 Å². The van der Waals surface area contributed by atoms with Crippen molar-refractivity contribution in [2.75, 3.05) is 9.80 Å². The van der Waals surface area contributed by atoms with E-state index in [0.29, 0.717) is 12.0 Å². The van der Waals surface area contributed by atoms with Crippen LogP contribution in [0.5, 0.6) is 0 Å². The highest BCUT2D eigenvalue weighted by Crippen LogP contribution is 2.50. The fourth-order valence-corrected chi connectivity index (χ4v) is 12.9. The van der Waals surface area contributed by atoms with E-state index in [9.17, 15) is 0 Å². The summed E-state index contributed by atoms with van der Waals surface area (Å²) in [4.78, 5) is 7.86. The van der Waals surface area contributed by atoms with E-state index in [-0.39, 0.29) is 12.1 Å². The molecule has 3 aromatic carbocycles. The standard InChI is InChI=1S/C66H62N4/c1-5-19-49(20-6-1)67(55-41-43-61-59-29-15-17-31-63(59)69(65(61)45-55)51-23-9-3-10-24-51)53-37-33-47(34-38-53)57-27-13-14-28-58(57)48-35-39-54(40-36-48)68(50-21-7-2-8-22-50)56-42-44-62-60-30-16-18-32-64(60)70(66(62)46-56)52-25-11-4-12-26-52/h1,3-7,9-12,15,17-19,21-29,32-35,37,39-41,43,45-46,48-49,53,63H,2,8,13-14,16,20,30-31,36,38,42,44H2. The first kappa shape index (κ1) is 42.8. The number of para-hydroxylation sites is 2. The maximum absolute atomic E-state index is 2.69. The Bertz CT molecular complexity index is 3180. The molecule has 4 atom stereocenters. The van der Waals surface area contributed by atoms with E-state index in [1.54, 1.807) is 5.56 Å². The summed E-state index contributed by atoms with van der Waals surface area (Å²) in [5.41, 5.74) is 22.0. The third kappa shape index (κ3) is 7.69. The quantitative estimate of drug-likeness (QED) is 0.158. The summed E-state index contributed by atoms with van der Waals surface area (Å²) in [5, 5.41) is 0. The van der Waals surface area contributed by atoms with Gasteiger partial charge in [0.1, 0.15) is 0 Å². The number of rotatable bonds is 10. The van der Waals surface area contributed by atoms with Gasteiger partial charge in [-0.05, 0) is 171 Å². The van der Waals surface area contributed by atoms with Crippen LogP contribution in [0.15, 0.2) is 228 Å². The van der Waals surface area contributed by atoms with Crippen molar-refractivity contribution >= 4 is 34.8 Å². The van der Waals surface area contributed by atoms with E-state index in [2.05, 4.69) is 226 Å². The first-order valence-electron chi connectivity index (χ1n) is 26.3. The second kappa shape index (κ2) is 18.6. The normalized spacial score (nSPS) is 23.8.